The van der Waals surface area contributed by atoms with Crippen molar-refractivity contribution in [3.63, 3.8) is 0 Å². The Labute approximate surface area is 79.9 Å². The lowest BCUT2D eigenvalue weighted by molar-refractivity contribution is -0.109. The Balaban J connectivity index is 1.77. The van der Waals surface area contributed by atoms with E-state index >= 15 is 0 Å². The smallest absolute Gasteiger partial charge is 0.120 e. The van der Waals surface area contributed by atoms with Crippen LogP contribution in [0.1, 0.15) is 38.5 Å². The lowest BCUT2D eigenvalue weighted by atomic mass is 9.75. The summed E-state index contributed by atoms with van der Waals surface area (Å²) in [5, 5.41) is 0. The molecule has 1 nitrogen and oxygen atoms in total. The molecule has 0 saturated heterocycles. The third-order valence-corrected chi connectivity index (χ3v) is 4.97. The van der Waals surface area contributed by atoms with Crippen LogP contribution in [0.5, 0.6) is 0 Å². The molecule has 0 spiro atoms. The molecule has 0 radical (unpaired) electrons. The van der Waals surface area contributed by atoms with Crippen molar-refractivity contribution in [3.05, 3.63) is 0 Å². The number of carbonyl (C=O) groups is 1. The van der Waals surface area contributed by atoms with E-state index in [1.807, 2.05) is 0 Å². The summed E-state index contributed by atoms with van der Waals surface area (Å²) in [5.41, 5.74) is 0. The monoisotopic (exact) mass is 178 g/mol. The van der Waals surface area contributed by atoms with Crippen LogP contribution in [0.4, 0.5) is 0 Å². The summed E-state index contributed by atoms with van der Waals surface area (Å²) >= 11 is 0. The fourth-order valence-corrected chi connectivity index (χ4v) is 4.60. The van der Waals surface area contributed by atoms with E-state index in [1.165, 1.54) is 32.1 Å². The first-order valence-corrected chi connectivity index (χ1v) is 5.84. The van der Waals surface area contributed by atoms with Gasteiger partial charge in [-0.25, -0.2) is 0 Å². The minimum Gasteiger partial charge on any atom is -0.303 e. The second-order valence-corrected chi connectivity index (χ2v) is 5.32. The summed E-state index contributed by atoms with van der Waals surface area (Å²) in [6.45, 7) is 0. The van der Waals surface area contributed by atoms with E-state index in [1.54, 1.807) is 0 Å². The molecule has 3 fully saturated rings. The Bertz CT molecular complexity index is 223. The van der Waals surface area contributed by atoms with E-state index < -0.39 is 0 Å². The van der Waals surface area contributed by atoms with Crippen LogP contribution < -0.4 is 0 Å². The third kappa shape index (κ3) is 1.02. The number of fused-ring (bicyclic) bond motifs is 5. The molecule has 1 heteroatoms. The van der Waals surface area contributed by atoms with Gasteiger partial charge >= 0.3 is 0 Å². The highest BCUT2D eigenvalue weighted by Crippen LogP contribution is 2.61. The average Bonchev–Trinajstić information content (AvgIpc) is 2.72. The molecule has 3 aliphatic carbocycles. The average molecular weight is 178 g/mol. The highest BCUT2D eigenvalue weighted by atomic mass is 16.1. The van der Waals surface area contributed by atoms with Crippen LogP contribution in [0.25, 0.3) is 0 Å². The van der Waals surface area contributed by atoms with Gasteiger partial charge in [-0.05, 0) is 55.3 Å². The quantitative estimate of drug-likeness (QED) is 0.594. The van der Waals surface area contributed by atoms with Crippen LogP contribution in [0.15, 0.2) is 0 Å². The molecule has 0 heterocycles. The largest absolute Gasteiger partial charge is 0.303 e. The number of aldehydes is 1. The summed E-state index contributed by atoms with van der Waals surface area (Å²) in [6, 6.07) is 0. The van der Waals surface area contributed by atoms with Crippen molar-refractivity contribution >= 4 is 6.29 Å². The zero-order valence-corrected chi connectivity index (χ0v) is 8.11. The summed E-state index contributed by atoms with van der Waals surface area (Å²) in [4.78, 5) is 10.5. The summed E-state index contributed by atoms with van der Waals surface area (Å²) in [7, 11) is 0. The first-order valence-electron chi connectivity index (χ1n) is 5.84. The van der Waals surface area contributed by atoms with Gasteiger partial charge in [0.2, 0.25) is 0 Å². The van der Waals surface area contributed by atoms with Crippen LogP contribution >= 0.6 is 0 Å². The predicted molar refractivity (Wildman–Crippen MR) is 51.2 cm³/mol. The van der Waals surface area contributed by atoms with Gasteiger partial charge in [-0.2, -0.15) is 0 Å². The molecular weight excluding hydrogens is 160 g/mol. The van der Waals surface area contributed by atoms with Crippen molar-refractivity contribution in [1.29, 1.82) is 0 Å². The molecule has 0 aromatic carbocycles. The molecule has 0 unspecified atom stereocenters. The zero-order valence-electron chi connectivity index (χ0n) is 8.11. The Kier molecular flexibility index (Phi) is 1.75. The number of hydrogen-bond acceptors (Lipinski definition) is 1. The lowest BCUT2D eigenvalue weighted by Gasteiger charge is -2.30. The van der Waals surface area contributed by atoms with Gasteiger partial charge in [0.15, 0.2) is 0 Å². The molecule has 0 amide bonds. The van der Waals surface area contributed by atoms with Gasteiger partial charge in [0.05, 0.1) is 0 Å². The molecule has 5 atom stereocenters. The second kappa shape index (κ2) is 2.83. The van der Waals surface area contributed by atoms with Crippen LogP contribution in [-0.4, -0.2) is 6.29 Å². The molecular formula is C12H18O. The van der Waals surface area contributed by atoms with E-state index in [9.17, 15) is 4.79 Å². The van der Waals surface area contributed by atoms with E-state index in [-0.39, 0.29) is 0 Å². The van der Waals surface area contributed by atoms with Crippen LogP contribution in [0, 0.1) is 29.6 Å². The number of carbonyl (C=O) groups excluding carboxylic acids is 1. The maximum atomic E-state index is 10.5. The molecule has 0 aliphatic heterocycles. The van der Waals surface area contributed by atoms with Gasteiger partial charge < -0.3 is 4.79 Å². The maximum Gasteiger partial charge on any atom is 0.120 e. The molecule has 3 saturated carbocycles. The Morgan fingerprint density at radius 3 is 2.77 bits per heavy atom. The predicted octanol–water partition coefficient (Wildman–Crippen LogP) is 2.65. The van der Waals surface area contributed by atoms with E-state index in [0.717, 1.165) is 42.3 Å². The molecule has 0 aromatic rings. The van der Waals surface area contributed by atoms with Crippen LogP contribution in [0.3, 0.4) is 0 Å². The normalized spacial score (nSPS) is 52.5. The van der Waals surface area contributed by atoms with Crippen molar-refractivity contribution in [2.45, 2.75) is 38.5 Å². The Morgan fingerprint density at radius 2 is 1.92 bits per heavy atom. The highest BCUT2D eigenvalue weighted by Gasteiger charge is 2.53. The van der Waals surface area contributed by atoms with E-state index in [2.05, 4.69) is 0 Å². The molecule has 0 aromatic heterocycles. The fraction of sp³-hybridized carbons (Fsp3) is 0.917. The maximum absolute atomic E-state index is 10.5. The van der Waals surface area contributed by atoms with Gasteiger partial charge in [-0.15, -0.1) is 0 Å². The van der Waals surface area contributed by atoms with E-state index in [4.69, 9.17) is 0 Å². The first-order chi connectivity index (χ1) is 6.40. The summed E-state index contributed by atoms with van der Waals surface area (Å²) in [5.74, 6) is 4.85. The fourth-order valence-electron chi connectivity index (χ4n) is 4.60. The molecule has 0 N–H and O–H groups in total. The number of hydrogen-bond donors (Lipinski definition) is 0. The Hall–Kier alpha value is -0.330. The van der Waals surface area contributed by atoms with Gasteiger partial charge in [0.25, 0.3) is 0 Å². The van der Waals surface area contributed by atoms with Gasteiger partial charge in [0.1, 0.15) is 6.29 Å². The van der Waals surface area contributed by atoms with Crippen molar-refractivity contribution in [2.75, 3.05) is 0 Å². The van der Waals surface area contributed by atoms with Crippen molar-refractivity contribution in [1.82, 2.24) is 0 Å². The third-order valence-electron chi connectivity index (χ3n) is 4.97. The SMILES string of the molecule is O=CC[C@H]1C[C@H]2C[C@@H]1[C@@H]1CCC[C@H]21. The van der Waals surface area contributed by atoms with E-state index in [0.29, 0.717) is 0 Å². The second-order valence-electron chi connectivity index (χ2n) is 5.32. The highest BCUT2D eigenvalue weighted by molar-refractivity contribution is 5.50. The van der Waals surface area contributed by atoms with Crippen LogP contribution in [0.2, 0.25) is 0 Å². The van der Waals surface area contributed by atoms with Gasteiger partial charge in [0, 0.05) is 6.42 Å². The minimum absolute atomic E-state index is 0.779. The van der Waals surface area contributed by atoms with Gasteiger partial charge in [-0.3, -0.25) is 0 Å². The minimum atomic E-state index is 0.779. The Morgan fingerprint density at radius 1 is 1.08 bits per heavy atom. The summed E-state index contributed by atoms with van der Waals surface area (Å²) in [6.07, 6.45) is 9.29. The van der Waals surface area contributed by atoms with Crippen molar-refractivity contribution in [3.8, 4) is 0 Å². The summed E-state index contributed by atoms with van der Waals surface area (Å²) < 4.78 is 0. The van der Waals surface area contributed by atoms with Crippen LogP contribution in [-0.2, 0) is 4.79 Å². The van der Waals surface area contributed by atoms with Crippen molar-refractivity contribution in [2.24, 2.45) is 29.6 Å². The zero-order chi connectivity index (χ0) is 8.84. The topological polar surface area (TPSA) is 17.1 Å². The molecule has 13 heavy (non-hydrogen) atoms. The molecule has 72 valence electrons. The molecule has 2 bridgehead atoms. The molecule has 3 rings (SSSR count). The standard InChI is InChI=1S/C12H18O/c13-5-4-8-6-9-7-12(8)11-3-1-2-10(9)11/h5,8-12H,1-4,6-7H2/t8-,9-,10+,11+,12-/m0/s1. The van der Waals surface area contributed by atoms with Crippen molar-refractivity contribution < 1.29 is 4.79 Å². The lowest BCUT2D eigenvalue weighted by Crippen LogP contribution is -2.24. The van der Waals surface area contributed by atoms with Gasteiger partial charge in [-0.1, -0.05) is 6.42 Å². The first kappa shape index (κ1) is 8.02. The number of rotatable bonds is 2. The molecule has 3 aliphatic rings.